The Morgan fingerprint density at radius 2 is 1.65 bits per heavy atom. The van der Waals surface area contributed by atoms with Crippen molar-refractivity contribution in [2.24, 2.45) is 11.8 Å². The van der Waals surface area contributed by atoms with Crippen LogP contribution >= 0.6 is 13.4 Å². The largest absolute Gasteiger partial charge is 0.382 e. The van der Waals surface area contributed by atoms with E-state index in [4.69, 9.17) is 57.9 Å². The number of hydrogen-bond donors (Lipinski definition) is 5. The van der Waals surface area contributed by atoms with Crippen molar-refractivity contribution < 1.29 is 32.6 Å². The van der Waals surface area contributed by atoms with E-state index >= 15 is 0 Å². The molecule has 18 nitrogen and oxygen atoms in total. The highest BCUT2D eigenvalue weighted by molar-refractivity contribution is 8.07. The third-order valence-corrected chi connectivity index (χ3v) is 11.1. The summed E-state index contributed by atoms with van der Waals surface area (Å²) in [6.07, 6.45) is 2.85. The number of hydrogen-bond acceptors (Lipinski definition) is 15. The van der Waals surface area contributed by atoms with Gasteiger partial charge in [0.1, 0.15) is 24.2 Å². The third kappa shape index (κ3) is 5.51. The fraction of sp³-hybridized carbons (Fsp3) is 0.524. The average Bonchev–Trinajstić information content (AvgIpc) is 3.64. The van der Waals surface area contributed by atoms with Crippen LogP contribution in [0, 0.1) is 11.8 Å². The Labute approximate surface area is 252 Å². The standard InChI is InChI=1S/C21H26N10O8P2S2/c22-17-15-18(25-6-24-17)31(8-26-15)14-2-12-13(38-14)5-37-40(33,42)36-4-10-9(3-35-41(34,43)39-12)1-11(10)30-7-27-16-19(30)28-21(23)29-20(16)32/h6-14H,1-5H2,(H,33,42)(H,34,43)(H2,22,24,25)(H3,23,28,29,32)/t9-,10-,11-,12+,13-,14-,40?,41?/m1/s1. The van der Waals surface area contributed by atoms with Crippen LogP contribution in [0.2, 0.25) is 0 Å². The average molecular weight is 673 g/mol. The molecule has 0 aromatic carbocycles. The molecule has 7 N–H and O–H groups in total. The molecule has 0 spiro atoms. The van der Waals surface area contributed by atoms with Crippen molar-refractivity contribution in [2.75, 3.05) is 31.3 Å². The summed E-state index contributed by atoms with van der Waals surface area (Å²) in [6.45, 7) is -7.70. The normalized spacial score (nSPS) is 35.4. The fourth-order valence-electron chi connectivity index (χ4n) is 5.71. The second-order valence-corrected chi connectivity index (χ2v) is 16.0. The van der Waals surface area contributed by atoms with Gasteiger partial charge in [0.05, 0.1) is 38.6 Å². The first kappa shape index (κ1) is 29.2. The number of aromatic nitrogens is 8. The molecule has 6 heterocycles. The number of nitrogens with two attached hydrogens (primary N) is 2. The summed E-state index contributed by atoms with van der Waals surface area (Å²) < 4.78 is 32.8. The number of nitrogens with one attached hydrogen (secondary N) is 1. The van der Waals surface area contributed by atoms with Gasteiger partial charge >= 0.3 is 13.4 Å². The van der Waals surface area contributed by atoms with Gasteiger partial charge in [0.2, 0.25) is 5.95 Å². The van der Waals surface area contributed by atoms with Crippen molar-refractivity contribution in [3.05, 3.63) is 29.3 Å². The van der Waals surface area contributed by atoms with Crippen LogP contribution in [-0.4, -0.2) is 80.9 Å². The maximum absolute atomic E-state index is 12.3. The lowest BCUT2D eigenvalue weighted by Gasteiger charge is -2.45. The molecule has 0 bridgehead atoms. The minimum absolute atomic E-state index is 0.0142. The van der Waals surface area contributed by atoms with E-state index in [9.17, 15) is 14.6 Å². The molecule has 0 radical (unpaired) electrons. The van der Waals surface area contributed by atoms with E-state index in [-0.39, 0.29) is 61.4 Å². The zero-order chi connectivity index (χ0) is 30.1. The van der Waals surface area contributed by atoms with Gasteiger partial charge in [-0.2, -0.15) is 4.98 Å². The molecule has 2 saturated heterocycles. The zero-order valence-electron chi connectivity index (χ0n) is 22.1. The Kier molecular flexibility index (Phi) is 7.38. The molecule has 43 heavy (non-hydrogen) atoms. The minimum Gasteiger partial charge on any atom is -0.382 e. The van der Waals surface area contributed by atoms with E-state index in [1.807, 2.05) is 0 Å². The van der Waals surface area contributed by atoms with E-state index in [2.05, 4.69) is 29.9 Å². The number of rotatable bonds is 2. The van der Waals surface area contributed by atoms with E-state index in [1.165, 1.54) is 19.0 Å². The Bertz CT molecular complexity index is 1870. The second kappa shape index (κ2) is 10.8. The lowest BCUT2D eigenvalue weighted by atomic mass is 9.70. The molecular weight excluding hydrogens is 646 g/mol. The van der Waals surface area contributed by atoms with Gasteiger partial charge in [-0.15, -0.1) is 0 Å². The Balaban J connectivity index is 1.12. The summed E-state index contributed by atoms with van der Waals surface area (Å²) in [5.41, 5.74) is 12.5. The van der Waals surface area contributed by atoms with Crippen molar-refractivity contribution in [2.45, 2.75) is 37.3 Å². The van der Waals surface area contributed by atoms with Crippen LogP contribution in [0.1, 0.15) is 25.1 Å². The smallest absolute Gasteiger partial charge is 0.324 e. The van der Waals surface area contributed by atoms with Crippen LogP contribution < -0.4 is 17.0 Å². The number of anilines is 2. The number of imidazole rings is 2. The Morgan fingerprint density at radius 3 is 2.49 bits per heavy atom. The van der Waals surface area contributed by atoms with Crippen molar-refractivity contribution in [1.82, 2.24) is 39.0 Å². The van der Waals surface area contributed by atoms with Gasteiger partial charge < -0.3 is 48.7 Å². The summed E-state index contributed by atoms with van der Waals surface area (Å²) in [7, 11) is 0. The van der Waals surface area contributed by atoms with Gasteiger partial charge in [-0.25, -0.2) is 19.9 Å². The van der Waals surface area contributed by atoms with Gasteiger partial charge in [0.15, 0.2) is 22.6 Å². The predicted molar refractivity (Wildman–Crippen MR) is 157 cm³/mol. The molecule has 4 aromatic rings. The molecular formula is C21H26N10O8P2S2. The second-order valence-electron chi connectivity index (χ2n) is 10.4. The lowest BCUT2D eigenvalue weighted by molar-refractivity contribution is -0.0389. The molecule has 0 amide bonds. The third-order valence-electron chi connectivity index (χ3n) is 7.88. The number of fused-ring (bicyclic) bond motifs is 4. The van der Waals surface area contributed by atoms with Gasteiger partial charge in [-0.05, 0) is 36.0 Å². The van der Waals surface area contributed by atoms with Crippen molar-refractivity contribution in [3.63, 3.8) is 0 Å². The van der Waals surface area contributed by atoms with Crippen molar-refractivity contribution in [1.29, 1.82) is 0 Å². The lowest BCUT2D eigenvalue weighted by Crippen LogP contribution is -2.43. The predicted octanol–water partition coefficient (Wildman–Crippen LogP) is 0.471. The van der Waals surface area contributed by atoms with Crippen molar-refractivity contribution in [3.8, 4) is 0 Å². The minimum atomic E-state index is -3.76. The van der Waals surface area contributed by atoms with Crippen molar-refractivity contribution >= 4 is 71.1 Å². The Morgan fingerprint density at radius 1 is 0.907 bits per heavy atom. The summed E-state index contributed by atoms with van der Waals surface area (Å²) in [6, 6.07) is -0.254. The highest BCUT2D eigenvalue weighted by atomic mass is 32.5. The molecule has 230 valence electrons. The van der Waals surface area contributed by atoms with Crippen LogP contribution in [0.25, 0.3) is 22.3 Å². The van der Waals surface area contributed by atoms with Crippen LogP contribution in [0.3, 0.4) is 0 Å². The molecule has 3 fully saturated rings. The monoisotopic (exact) mass is 672 g/mol. The van der Waals surface area contributed by atoms with Gasteiger partial charge in [-0.1, -0.05) is 0 Å². The summed E-state index contributed by atoms with van der Waals surface area (Å²) in [5.74, 6) is -0.303. The zero-order valence-corrected chi connectivity index (χ0v) is 25.5. The molecule has 7 rings (SSSR count). The molecule has 1 aliphatic carbocycles. The fourth-order valence-corrected chi connectivity index (χ4v) is 8.37. The summed E-state index contributed by atoms with van der Waals surface area (Å²) in [5, 5.41) is 0. The molecule has 2 aliphatic heterocycles. The van der Waals surface area contributed by atoms with Gasteiger partial charge in [-0.3, -0.25) is 14.3 Å². The first-order valence-electron chi connectivity index (χ1n) is 13.1. The SMILES string of the molecule is Nc1nc2c(ncn2[C@@H]2C[C@@H]3COP(O)(=S)O[C@H]4C[C@H](n5cnc6c(N)ncnc65)O[C@@H]4COP(O)(=S)OC[C@H]32)c(=O)[nH]1. The van der Waals surface area contributed by atoms with Crippen LogP contribution in [0.5, 0.6) is 0 Å². The molecule has 1 saturated carbocycles. The van der Waals surface area contributed by atoms with E-state index in [0.717, 1.165) is 0 Å². The first-order valence-corrected chi connectivity index (χ1v) is 18.2. The number of aromatic amines is 1. The molecule has 8 atom stereocenters. The maximum Gasteiger partial charge on any atom is 0.324 e. The summed E-state index contributed by atoms with van der Waals surface area (Å²) >= 11 is 10.7. The van der Waals surface area contributed by atoms with Crippen LogP contribution in [0.15, 0.2) is 23.8 Å². The summed E-state index contributed by atoms with van der Waals surface area (Å²) in [4.78, 5) is 57.6. The number of nitrogen functional groups attached to an aromatic ring is 2. The van der Waals surface area contributed by atoms with E-state index < -0.39 is 37.4 Å². The van der Waals surface area contributed by atoms with Gasteiger partial charge in [0.25, 0.3) is 5.56 Å². The molecule has 2 unspecified atom stereocenters. The topological polar surface area (TPSA) is 246 Å². The highest BCUT2D eigenvalue weighted by Crippen LogP contribution is 2.55. The molecule has 3 aliphatic rings. The number of nitrogens with zero attached hydrogens (tertiary/aromatic N) is 7. The van der Waals surface area contributed by atoms with E-state index in [0.29, 0.717) is 23.2 Å². The Hall–Kier alpha value is -2.48. The van der Waals surface area contributed by atoms with Crippen LogP contribution in [0.4, 0.5) is 11.8 Å². The number of H-pyrrole nitrogens is 1. The molecule has 22 heteroatoms. The quantitative estimate of drug-likeness (QED) is 0.182. The number of ether oxygens (including phenoxy) is 1. The maximum atomic E-state index is 12.3. The van der Waals surface area contributed by atoms with E-state index in [1.54, 1.807) is 9.13 Å². The first-order chi connectivity index (χ1) is 20.5. The highest BCUT2D eigenvalue weighted by Gasteiger charge is 2.47. The molecule has 4 aromatic heterocycles. The van der Waals surface area contributed by atoms with Gasteiger partial charge in [0, 0.05) is 18.4 Å². The van der Waals surface area contributed by atoms with Crippen LogP contribution in [-0.2, 0) is 46.4 Å².